The van der Waals surface area contributed by atoms with Gasteiger partial charge in [0.15, 0.2) is 0 Å². The molecule has 0 spiro atoms. The van der Waals surface area contributed by atoms with E-state index in [-0.39, 0.29) is 5.97 Å². The molecule has 6 heteroatoms. The lowest BCUT2D eigenvalue weighted by atomic mass is 10.0. The minimum atomic E-state index is -0.478. The first-order chi connectivity index (χ1) is 7.19. The molecular formula is C9H15N3O3. The Morgan fingerprint density at radius 3 is 2.73 bits per heavy atom. The number of hydrogen-bond donors (Lipinski definition) is 2. The second-order valence-corrected chi connectivity index (χ2v) is 3.16. The molecule has 0 bridgehead atoms. The molecule has 0 saturated carbocycles. The van der Waals surface area contributed by atoms with E-state index in [4.69, 9.17) is 4.74 Å². The van der Waals surface area contributed by atoms with Gasteiger partial charge in [0.05, 0.1) is 6.61 Å². The predicted molar refractivity (Wildman–Crippen MR) is 53.5 cm³/mol. The van der Waals surface area contributed by atoms with Crippen LogP contribution >= 0.6 is 0 Å². The van der Waals surface area contributed by atoms with Crippen LogP contribution in [0.3, 0.4) is 0 Å². The predicted octanol–water partition coefficient (Wildman–Crippen LogP) is 0.545. The first kappa shape index (κ1) is 11.5. The largest absolute Gasteiger partial charge is 0.465 e. The lowest BCUT2D eigenvalue weighted by molar-refractivity contribution is -0.145. The monoisotopic (exact) mass is 213 g/mol. The van der Waals surface area contributed by atoms with Gasteiger partial charge in [-0.3, -0.25) is 9.78 Å². The Kier molecular flexibility index (Phi) is 4.08. The minimum absolute atomic E-state index is 0.327. The standard InChI is InChI=1S/C9H15N3O3/c1-3-5-6(8(13)15-4-2)7-10-9(14)12-11-7/h6H,3-5H2,1-2H3,(H2,10,11,12,14). The highest BCUT2D eigenvalue weighted by molar-refractivity contribution is 5.76. The molecule has 1 heterocycles. The van der Waals surface area contributed by atoms with Gasteiger partial charge in [0.2, 0.25) is 0 Å². The van der Waals surface area contributed by atoms with Gasteiger partial charge in [-0.2, -0.15) is 5.10 Å². The van der Waals surface area contributed by atoms with Crippen LogP contribution < -0.4 is 5.69 Å². The van der Waals surface area contributed by atoms with Crippen molar-refractivity contribution >= 4 is 5.97 Å². The summed E-state index contributed by atoms with van der Waals surface area (Å²) in [6.45, 7) is 4.03. The average Bonchev–Trinajstić information content (AvgIpc) is 2.61. The van der Waals surface area contributed by atoms with Crippen LogP contribution in [0.15, 0.2) is 4.79 Å². The summed E-state index contributed by atoms with van der Waals surface area (Å²) >= 11 is 0. The number of esters is 1. The quantitative estimate of drug-likeness (QED) is 0.699. The van der Waals surface area contributed by atoms with Crippen LogP contribution in [0.5, 0.6) is 0 Å². The van der Waals surface area contributed by atoms with Crippen LogP contribution in [0.2, 0.25) is 0 Å². The molecule has 1 aromatic rings. The fourth-order valence-corrected chi connectivity index (χ4v) is 1.35. The van der Waals surface area contributed by atoms with Gasteiger partial charge in [0, 0.05) is 0 Å². The highest BCUT2D eigenvalue weighted by Gasteiger charge is 2.24. The molecule has 1 atom stereocenters. The zero-order valence-corrected chi connectivity index (χ0v) is 8.87. The van der Waals surface area contributed by atoms with Gasteiger partial charge in [0.1, 0.15) is 11.7 Å². The van der Waals surface area contributed by atoms with E-state index in [1.807, 2.05) is 6.92 Å². The van der Waals surface area contributed by atoms with Crippen molar-refractivity contribution < 1.29 is 9.53 Å². The molecule has 1 rings (SSSR count). The summed E-state index contributed by atoms with van der Waals surface area (Å²) in [6.07, 6.45) is 1.43. The molecule has 6 nitrogen and oxygen atoms in total. The number of nitrogens with one attached hydrogen (secondary N) is 2. The highest BCUT2D eigenvalue weighted by atomic mass is 16.5. The first-order valence-electron chi connectivity index (χ1n) is 5.00. The van der Waals surface area contributed by atoms with Crippen LogP contribution in [0.4, 0.5) is 0 Å². The number of aromatic amines is 2. The number of ether oxygens (including phenoxy) is 1. The summed E-state index contributed by atoms with van der Waals surface area (Å²) < 4.78 is 4.91. The molecule has 0 radical (unpaired) electrons. The third-order valence-corrected chi connectivity index (χ3v) is 2.00. The molecule has 0 aromatic carbocycles. The molecule has 2 N–H and O–H groups in total. The highest BCUT2D eigenvalue weighted by Crippen LogP contribution is 2.18. The molecule has 15 heavy (non-hydrogen) atoms. The number of hydrogen-bond acceptors (Lipinski definition) is 4. The normalized spacial score (nSPS) is 12.4. The molecule has 0 amide bonds. The molecule has 0 aliphatic rings. The van der Waals surface area contributed by atoms with E-state index in [2.05, 4.69) is 15.2 Å². The topological polar surface area (TPSA) is 87.8 Å². The van der Waals surface area contributed by atoms with Gasteiger partial charge in [-0.25, -0.2) is 9.89 Å². The molecule has 1 aromatic heterocycles. The molecule has 0 aliphatic heterocycles. The summed E-state index contributed by atoms with van der Waals surface area (Å²) in [6, 6.07) is 0. The number of carbonyl (C=O) groups excluding carboxylic acids is 1. The molecule has 1 unspecified atom stereocenters. The van der Waals surface area contributed by atoms with Crippen LogP contribution in [0.1, 0.15) is 38.4 Å². The van der Waals surface area contributed by atoms with Crippen molar-refractivity contribution in [2.45, 2.75) is 32.6 Å². The van der Waals surface area contributed by atoms with Gasteiger partial charge in [-0.05, 0) is 13.3 Å². The zero-order valence-electron chi connectivity index (χ0n) is 8.87. The van der Waals surface area contributed by atoms with E-state index in [1.54, 1.807) is 6.92 Å². The Bertz CT molecular complexity index is 369. The molecule has 0 aliphatic carbocycles. The van der Waals surface area contributed by atoms with E-state index in [0.29, 0.717) is 18.9 Å². The van der Waals surface area contributed by atoms with E-state index in [9.17, 15) is 9.59 Å². The molecule has 84 valence electrons. The zero-order chi connectivity index (χ0) is 11.3. The summed E-state index contributed by atoms with van der Waals surface area (Å²) in [5.74, 6) is -0.476. The molecule has 0 saturated heterocycles. The Balaban J connectivity index is 2.82. The van der Waals surface area contributed by atoms with E-state index < -0.39 is 11.6 Å². The van der Waals surface area contributed by atoms with Crippen molar-refractivity contribution in [1.29, 1.82) is 0 Å². The fraction of sp³-hybridized carbons (Fsp3) is 0.667. The van der Waals surface area contributed by atoms with Gasteiger partial charge in [-0.1, -0.05) is 13.3 Å². The Morgan fingerprint density at radius 1 is 1.53 bits per heavy atom. The number of aromatic nitrogens is 3. The number of rotatable bonds is 5. The second kappa shape index (κ2) is 5.33. The van der Waals surface area contributed by atoms with Gasteiger partial charge in [0.25, 0.3) is 0 Å². The summed E-state index contributed by atoms with van der Waals surface area (Å²) in [7, 11) is 0. The van der Waals surface area contributed by atoms with E-state index >= 15 is 0 Å². The smallest absolute Gasteiger partial charge is 0.340 e. The maximum atomic E-state index is 11.5. The first-order valence-corrected chi connectivity index (χ1v) is 5.00. The fourth-order valence-electron chi connectivity index (χ4n) is 1.35. The maximum absolute atomic E-state index is 11.5. The van der Waals surface area contributed by atoms with Crippen LogP contribution in [-0.2, 0) is 9.53 Å². The Labute approximate surface area is 87.0 Å². The maximum Gasteiger partial charge on any atom is 0.340 e. The van der Waals surface area contributed by atoms with Crippen LogP contribution in [0, 0.1) is 0 Å². The van der Waals surface area contributed by atoms with Crippen molar-refractivity contribution in [2.75, 3.05) is 6.61 Å². The van der Waals surface area contributed by atoms with Crippen molar-refractivity contribution in [2.24, 2.45) is 0 Å². The van der Waals surface area contributed by atoms with Gasteiger partial charge < -0.3 is 4.74 Å². The number of H-pyrrole nitrogens is 2. The van der Waals surface area contributed by atoms with Crippen LogP contribution in [0.25, 0.3) is 0 Å². The summed E-state index contributed by atoms with van der Waals surface area (Å²) in [5.41, 5.74) is -0.407. The van der Waals surface area contributed by atoms with E-state index in [0.717, 1.165) is 6.42 Å². The summed E-state index contributed by atoms with van der Waals surface area (Å²) in [5, 5.41) is 5.98. The third-order valence-electron chi connectivity index (χ3n) is 2.00. The second-order valence-electron chi connectivity index (χ2n) is 3.16. The lowest BCUT2D eigenvalue weighted by Crippen LogP contribution is -2.17. The lowest BCUT2D eigenvalue weighted by Gasteiger charge is -2.10. The van der Waals surface area contributed by atoms with Gasteiger partial charge in [-0.15, -0.1) is 0 Å². The summed E-state index contributed by atoms with van der Waals surface area (Å²) in [4.78, 5) is 24.9. The SMILES string of the molecule is CCCC(C(=O)OCC)c1n[nH]c(=O)[nH]1. The Hall–Kier alpha value is -1.59. The number of nitrogens with zero attached hydrogens (tertiary/aromatic N) is 1. The minimum Gasteiger partial charge on any atom is -0.465 e. The number of carbonyl (C=O) groups is 1. The third kappa shape index (κ3) is 2.93. The van der Waals surface area contributed by atoms with Crippen molar-refractivity contribution in [3.63, 3.8) is 0 Å². The molecule has 0 fully saturated rings. The molecular weight excluding hydrogens is 198 g/mol. The van der Waals surface area contributed by atoms with Crippen molar-refractivity contribution in [3.05, 3.63) is 16.3 Å². The average molecular weight is 213 g/mol. The van der Waals surface area contributed by atoms with Gasteiger partial charge >= 0.3 is 11.7 Å². The Morgan fingerprint density at radius 2 is 2.27 bits per heavy atom. The van der Waals surface area contributed by atoms with Crippen molar-refractivity contribution in [1.82, 2.24) is 15.2 Å². The van der Waals surface area contributed by atoms with Crippen LogP contribution in [-0.4, -0.2) is 27.8 Å². The van der Waals surface area contributed by atoms with Crippen molar-refractivity contribution in [3.8, 4) is 0 Å². The van der Waals surface area contributed by atoms with E-state index in [1.165, 1.54) is 0 Å².